The van der Waals surface area contributed by atoms with Gasteiger partial charge < -0.3 is 154 Å². The van der Waals surface area contributed by atoms with Gasteiger partial charge in [-0.2, -0.15) is 0 Å². The van der Waals surface area contributed by atoms with Gasteiger partial charge in [0.2, 0.25) is 0 Å². The predicted molar refractivity (Wildman–Crippen MR) is 390 cm³/mol. The summed E-state index contributed by atoms with van der Waals surface area (Å²) in [5.74, 6) is 1.05. The Morgan fingerprint density at radius 1 is 0.310 bits per heavy atom. The smallest absolute Gasteiger partial charge is 0.390 e. The van der Waals surface area contributed by atoms with E-state index >= 15 is 0 Å². The van der Waals surface area contributed by atoms with Gasteiger partial charge >= 0.3 is 35.2 Å². The Hall–Kier alpha value is -0.492. The van der Waals surface area contributed by atoms with Crippen molar-refractivity contribution in [3.8, 4) is 0 Å². The van der Waals surface area contributed by atoms with Crippen molar-refractivity contribution >= 4 is 35.2 Å². The monoisotopic (exact) mass is 1530 g/mol. The van der Waals surface area contributed by atoms with Gasteiger partial charge in [0.05, 0.1) is 76.3 Å². The second-order valence-corrected chi connectivity index (χ2v) is 34.4. The van der Waals surface area contributed by atoms with Crippen LogP contribution >= 0.6 is 0 Å². The zero-order chi connectivity index (χ0) is 75.2. The van der Waals surface area contributed by atoms with E-state index < -0.39 is 71.8 Å². The third-order valence-corrected chi connectivity index (χ3v) is 19.9. The number of nitrogens with zero attached hydrogens (tertiary/aromatic N) is 3. The number of nitrogens with two attached hydrogens (primary N) is 1. The van der Waals surface area contributed by atoms with E-state index in [0.29, 0.717) is 136 Å². The van der Waals surface area contributed by atoms with E-state index in [9.17, 15) is 30.6 Å². The van der Waals surface area contributed by atoms with E-state index in [-0.39, 0.29) is 122 Å². The molecule has 0 fully saturated rings. The van der Waals surface area contributed by atoms with E-state index in [1.165, 1.54) is 25.7 Å². The minimum atomic E-state index is -4.12. The Bertz CT molecular complexity index is 1750. The molecular formula is C62H146N10O24Si4. The molecule has 0 amide bonds. The molecule has 0 saturated heterocycles. The Morgan fingerprint density at radius 2 is 0.570 bits per heavy atom. The summed E-state index contributed by atoms with van der Waals surface area (Å²) in [5.41, 5.74) is 5.63. The zero-order valence-electron chi connectivity index (χ0n) is 61.4. The Kier molecular flexibility index (Phi) is 67.7. The summed E-state index contributed by atoms with van der Waals surface area (Å²) in [6.07, 6.45) is 5.89. The topological polar surface area (TPSA) is 527 Å². The van der Waals surface area contributed by atoms with Gasteiger partial charge in [-0.05, 0) is 50.4 Å². The van der Waals surface area contributed by atoms with Gasteiger partial charge in [0.1, 0.15) is 0 Å². The van der Waals surface area contributed by atoms with Gasteiger partial charge in [-0.25, -0.2) is 0 Å². The van der Waals surface area contributed by atoms with Crippen LogP contribution in [-0.4, -0.2) is 398 Å². The van der Waals surface area contributed by atoms with Gasteiger partial charge in [-0.3, -0.25) is 14.7 Å². The molecule has 0 aliphatic heterocycles. The van der Waals surface area contributed by atoms with Crippen molar-refractivity contribution in [1.29, 1.82) is 0 Å². The average Bonchev–Trinajstić information content (AvgIpc) is 1.02. The fourth-order valence-electron chi connectivity index (χ4n) is 10.0. The third kappa shape index (κ3) is 75.7. The summed E-state index contributed by atoms with van der Waals surface area (Å²) in [4.78, 5) is 115. The number of hydrogen-bond donors (Lipinski definition) is 25. The Morgan fingerprint density at radius 3 is 0.880 bits per heavy atom. The Balaban J connectivity index is 0. The number of nitrogens with one attached hydrogen (secondary N) is 6. The molecule has 0 saturated carbocycles. The van der Waals surface area contributed by atoms with Crippen LogP contribution in [0.4, 0.5) is 0 Å². The molecule has 0 radical (unpaired) electrons. The van der Waals surface area contributed by atoms with Crippen molar-refractivity contribution in [3.63, 3.8) is 0 Å². The van der Waals surface area contributed by atoms with E-state index in [4.69, 9.17) is 91.7 Å². The fourth-order valence-corrected chi connectivity index (χ4v) is 12.5. The summed E-state index contributed by atoms with van der Waals surface area (Å²) in [6, 6.07) is -0.507. The van der Waals surface area contributed by atoms with Crippen molar-refractivity contribution < 1.29 is 117 Å². The van der Waals surface area contributed by atoms with E-state index in [1.54, 1.807) is 0 Å². The maximum absolute atomic E-state index is 10.8. The van der Waals surface area contributed by atoms with Crippen molar-refractivity contribution in [1.82, 2.24) is 46.6 Å². The molecule has 0 aliphatic rings. The molecule has 34 nitrogen and oxygen atoms in total. The van der Waals surface area contributed by atoms with Crippen LogP contribution < -0.4 is 37.6 Å². The van der Waals surface area contributed by atoms with Crippen LogP contribution in [0.2, 0.25) is 24.2 Å². The fraction of sp³-hybridized carbons (Fsp3) is 1.00. The summed E-state index contributed by atoms with van der Waals surface area (Å²) in [6.45, 7) is 24.0. The third-order valence-electron chi connectivity index (χ3n) is 15.8. The highest BCUT2D eigenvalue weighted by Gasteiger charge is 2.29. The lowest BCUT2D eigenvalue weighted by atomic mass is 10.0. The second kappa shape index (κ2) is 66.7. The molecular weight excluding hydrogens is 1380 g/mol. The normalized spacial score (nSPS) is 15.2. The van der Waals surface area contributed by atoms with Crippen LogP contribution in [0.15, 0.2) is 0 Å². The molecule has 604 valence electrons. The number of ether oxygens (including phenoxy) is 6. The first-order chi connectivity index (χ1) is 47.4. The standard InChI is InChI=1S/2C31H73N5O12Si2/c1-3-5-8-28(4-2)24-48-27-31(39)23-35(13-11-33-10-9-32)15-16-36(22-30(38)26-47-18-7-20-50(43,44)45)14-12-34-21-29(37)25-46-17-6-19-49(40,41)42;1-3-5-8-28(4-2)24-48-26-30(38)21-34-12-11-32-9-10-33-13-15-36(23-31(39)27-47-18-7-20-50(43,44)45)16-14-35-22-29(37)25-46-17-6-19-49(40,41)42/h28-31,33-34,37-45H,3-27,32H2,1-2H3;28-35,37-45H,3-27H2,1-2H3. The van der Waals surface area contributed by atoms with Gasteiger partial charge in [-0.1, -0.05) is 66.2 Å². The quantitative estimate of drug-likeness (QED) is 0.0199. The van der Waals surface area contributed by atoms with Crippen molar-refractivity contribution in [2.24, 2.45) is 17.6 Å². The van der Waals surface area contributed by atoms with Crippen LogP contribution in [0.3, 0.4) is 0 Å². The maximum atomic E-state index is 10.8. The van der Waals surface area contributed by atoms with Gasteiger partial charge in [-0.15, -0.1) is 0 Å². The molecule has 8 unspecified atom stereocenters. The summed E-state index contributed by atoms with van der Waals surface area (Å²) >= 11 is 0. The summed E-state index contributed by atoms with van der Waals surface area (Å²) in [7, 11) is -16.4. The van der Waals surface area contributed by atoms with Crippen molar-refractivity contribution in [2.45, 2.75) is 166 Å². The first-order valence-electron chi connectivity index (χ1n) is 36.8. The number of hydrogen-bond acceptors (Lipinski definition) is 34. The second-order valence-electron chi connectivity index (χ2n) is 26.2. The molecule has 0 spiro atoms. The highest BCUT2D eigenvalue weighted by molar-refractivity contribution is 6.57. The predicted octanol–water partition coefficient (Wildman–Crippen LogP) is -6.70. The number of rotatable bonds is 75. The molecule has 0 heterocycles. The molecule has 0 aliphatic carbocycles. The molecule has 0 aromatic carbocycles. The molecule has 0 aromatic heterocycles. The zero-order valence-corrected chi connectivity index (χ0v) is 65.4. The molecule has 26 N–H and O–H groups in total. The van der Waals surface area contributed by atoms with Gasteiger partial charge in [0.15, 0.2) is 0 Å². The number of aliphatic hydroxyl groups excluding tert-OH is 6. The van der Waals surface area contributed by atoms with Crippen molar-refractivity contribution in [2.75, 3.05) is 223 Å². The molecule has 100 heavy (non-hydrogen) atoms. The largest absolute Gasteiger partial charge is 0.492 e. The SMILES string of the molecule is CCCCC(CC)COCC(O)CN(CCNCCN)CCN(CCNCC(O)COCCC[Si](O)(O)O)CC(O)COCCC[Si](O)(O)O.CCCCC(CC)COCC(O)CNCCNCCNCCN(CCNCC(O)COCCC[Si](O)(O)O)CC(O)COCCC[Si](O)(O)O. The van der Waals surface area contributed by atoms with Crippen LogP contribution in [0.25, 0.3) is 0 Å². The maximum Gasteiger partial charge on any atom is 0.492 e. The molecule has 0 aromatic rings. The minimum absolute atomic E-state index is 0.0308. The first-order valence-corrected chi connectivity index (χ1v) is 45.0. The number of aliphatic hydroxyl groups is 6. The van der Waals surface area contributed by atoms with Crippen LogP contribution in [0.5, 0.6) is 0 Å². The highest BCUT2D eigenvalue weighted by Crippen LogP contribution is 2.15. The van der Waals surface area contributed by atoms with E-state index in [0.717, 1.165) is 51.9 Å². The lowest BCUT2D eigenvalue weighted by Crippen LogP contribution is -2.46. The van der Waals surface area contributed by atoms with Crippen LogP contribution in [0.1, 0.15) is 105 Å². The molecule has 38 heteroatoms. The lowest BCUT2D eigenvalue weighted by molar-refractivity contribution is -0.00152. The van der Waals surface area contributed by atoms with Crippen LogP contribution in [0, 0.1) is 11.8 Å². The van der Waals surface area contributed by atoms with Crippen molar-refractivity contribution in [3.05, 3.63) is 0 Å². The average molecular weight is 1530 g/mol. The van der Waals surface area contributed by atoms with Crippen LogP contribution in [-0.2, 0) is 28.4 Å². The molecule has 0 bridgehead atoms. The van der Waals surface area contributed by atoms with E-state index in [1.807, 2.05) is 0 Å². The van der Waals surface area contributed by atoms with Gasteiger partial charge in [0.25, 0.3) is 0 Å². The minimum Gasteiger partial charge on any atom is -0.390 e. The van der Waals surface area contributed by atoms with Gasteiger partial charge in [0, 0.05) is 208 Å². The summed E-state index contributed by atoms with van der Waals surface area (Å²) in [5, 5.41) is 82.2. The highest BCUT2D eigenvalue weighted by atomic mass is 28.4. The number of unbranched alkanes of at least 4 members (excludes halogenated alkanes) is 2. The Labute approximate surface area is 602 Å². The molecule has 8 atom stereocenters. The first kappa shape index (κ1) is 102. The summed E-state index contributed by atoms with van der Waals surface area (Å²) < 4.78 is 33.2. The van der Waals surface area contributed by atoms with E-state index in [2.05, 4.69) is 74.3 Å². The molecule has 0 rings (SSSR count). The lowest BCUT2D eigenvalue weighted by Gasteiger charge is -2.30.